The van der Waals surface area contributed by atoms with Gasteiger partial charge in [-0.2, -0.15) is 4.98 Å². The molecule has 0 unspecified atom stereocenters. The van der Waals surface area contributed by atoms with E-state index in [9.17, 15) is 13.2 Å². The first kappa shape index (κ1) is 20.8. The highest BCUT2D eigenvalue weighted by Gasteiger charge is 2.19. The number of carbonyl (C=O) groups excluding carboxylic acids is 1. The van der Waals surface area contributed by atoms with Crippen LogP contribution in [0.15, 0.2) is 57.9 Å². The van der Waals surface area contributed by atoms with Crippen molar-refractivity contribution in [1.29, 1.82) is 0 Å². The molecule has 2 aromatic carbocycles. The van der Waals surface area contributed by atoms with Gasteiger partial charge in [0.25, 0.3) is 0 Å². The topological polar surface area (TPSA) is 111 Å². The molecule has 1 aromatic heterocycles. The molecule has 8 nitrogen and oxygen atoms in total. The van der Waals surface area contributed by atoms with E-state index in [-0.39, 0.29) is 35.3 Å². The minimum atomic E-state index is -3.53. The summed E-state index contributed by atoms with van der Waals surface area (Å²) in [6.45, 7) is 0.214. The number of nitrogens with zero attached hydrogens (tertiary/aromatic N) is 2. The zero-order chi connectivity index (χ0) is 20.9. The van der Waals surface area contributed by atoms with Gasteiger partial charge in [0.05, 0.1) is 17.8 Å². The average Bonchev–Trinajstić information content (AvgIpc) is 3.20. The van der Waals surface area contributed by atoms with Gasteiger partial charge in [-0.05, 0) is 30.3 Å². The zero-order valence-corrected chi connectivity index (χ0v) is 17.0. The largest absolute Gasteiger partial charge is 0.496 e. The van der Waals surface area contributed by atoms with E-state index in [1.54, 1.807) is 13.2 Å². The SMILES string of the molecule is COc1ccccc1CNC(=O)c1nc(CCS(=O)(=O)c2ccc(Cl)cc2)no1. The van der Waals surface area contributed by atoms with Crippen LogP contribution in [-0.4, -0.2) is 37.3 Å². The van der Waals surface area contributed by atoms with E-state index in [1.807, 2.05) is 18.2 Å². The summed E-state index contributed by atoms with van der Waals surface area (Å²) in [4.78, 5) is 16.3. The van der Waals surface area contributed by atoms with Gasteiger partial charge in [-0.1, -0.05) is 35.0 Å². The van der Waals surface area contributed by atoms with Crippen molar-refractivity contribution in [1.82, 2.24) is 15.5 Å². The van der Waals surface area contributed by atoms with Crippen LogP contribution < -0.4 is 10.1 Å². The number of aromatic nitrogens is 2. The number of halogens is 1. The minimum Gasteiger partial charge on any atom is -0.496 e. The third-order valence-corrected chi connectivity index (χ3v) is 6.05. The van der Waals surface area contributed by atoms with Crippen molar-refractivity contribution >= 4 is 27.3 Å². The number of aryl methyl sites for hydroxylation is 1. The standard InChI is InChI=1S/C19H18ClN3O5S/c1-27-16-5-3-2-4-13(16)12-21-18(24)19-22-17(23-28-19)10-11-29(25,26)15-8-6-14(20)7-9-15/h2-9H,10-12H2,1H3,(H,21,24). The number of sulfone groups is 1. The maximum Gasteiger partial charge on any atom is 0.315 e. The van der Waals surface area contributed by atoms with E-state index < -0.39 is 15.7 Å². The van der Waals surface area contributed by atoms with Gasteiger partial charge in [0.2, 0.25) is 0 Å². The Morgan fingerprint density at radius 1 is 1.17 bits per heavy atom. The predicted molar refractivity (Wildman–Crippen MR) is 106 cm³/mol. The molecule has 0 bridgehead atoms. The Balaban J connectivity index is 1.58. The van der Waals surface area contributed by atoms with E-state index in [2.05, 4.69) is 15.5 Å². The number of hydrogen-bond donors (Lipinski definition) is 1. The van der Waals surface area contributed by atoms with Gasteiger partial charge in [0, 0.05) is 23.6 Å². The number of benzene rings is 2. The molecule has 0 fully saturated rings. The number of nitrogens with one attached hydrogen (secondary N) is 1. The fraction of sp³-hybridized carbons (Fsp3) is 0.211. The van der Waals surface area contributed by atoms with Gasteiger partial charge in [-0.15, -0.1) is 0 Å². The fourth-order valence-electron chi connectivity index (χ4n) is 2.53. The number of methoxy groups -OCH3 is 1. The number of rotatable bonds is 8. The average molecular weight is 436 g/mol. The van der Waals surface area contributed by atoms with E-state index in [0.29, 0.717) is 10.8 Å². The molecule has 0 saturated heterocycles. The molecule has 1 heterocycles. The molecule has 0 radical (unpaired) electrons. The summed E-state index contributed by atoms with van der Waals surface area (Å²) >= 11 is 5.78. The van der Waals surface area contributed by atoms with Crippen molar-refractivity contribution < 1.29 is 22.5 Å². The van der Waals surface area contributed by atoms with Gasteiger partial charge in [0.1, 0.15) is 5.75 Å². The lowest BCUT2D eigenvalue weighted by Crippen LogP contribution is -2.23. The molecular formula is C19H18ClN3O5S. The summed E-state index contributed by atoms with van der Waals surface area (Å²) in [5.74, 6) is -0.249. The normalized spacial score (nSPS) is 11.2. The molecule has 0 spiro atoms. The third kappa shape index (κ3) is 5.33. The Hall–Kier alpha value is -2.91. The lowest BCUT2D eigenvalue weighted by Gasteiger charge is -2.07. The number of ether oxygens (including phenoxy) is 1. The first-order valence-electron chi connectivity index (χ1n) is 8.60. The predicted octanol–water partition coefficient (Wildman–Crippen LogP) is 2.68. The molecule has 1 amide bonds. The van der Waals surface area contributed by atoms with Gasteiger partial charge in [-0.25, -0.2) is 8.42 Å². The van der Waals surface area contributed by atoms with Crippen molar-refractivity contribution in [2.24, 2.45) is 0 Å². The summed E-state index contributed by atoms with van der Waals surface area (Å²) in [6, 6.07) is 13.1. The van der Waals surface area contributed by atoms with Gasteiger partial charge in [-0.3, -0.25) is 4.79 Å². The monoisotopic (exact) mass is 435 g/mol. The molecule has 0 aliphatic heterocycles. The molecule has 29 heavy (non-hydrogen) atoms. The smallest absolute Gasteiger partial charge is 0.315 e. The molecular weight excluding hydrogens is 418 g/mol. The van der Waals surface area contributed by atoms with E-state index >= 15 is 0 Å². The molecule has 152 valence electrons. The molecule has 0 atom stereocenters. The second-order valence-corrected chi connectivity index (χ2v) is 8.58. The van der Waals surface area contributed by atoms with Crippen LogP contribution in [0.3, 0.4) is 0 Å². The maximum atomic E-state index is 12.4. The summed E-state index contributed by atoms with van der Waals surface area (Å²) in [5.41, 5.74) is 0.789. The van der Waals surface area contributed by atoms with E-state index in [0.717, 1.165) is 5.56 Å². The highest BCUT2D eigenvalue weighted by atomic mass is 35.5. The van der Waals surface area contributed by atoms with Crippen molar-refractivity contribution in [3.8, 4) is 5.75 Å². The number of hydrogen-bond acceptors (Lipinski definition) is 7. The zero-order valence-electron chi connectivity index (χ0n) is 15.5. The Kier molecular flexibility index (Phi) is 6.50. The lowest BCUT2D eigenvalue weighted by molar-refractivity contribution is 0.0906. The van der Waals surface area contributed by atoms with Crippen molar-refractivity contribution in [2.45, 2.75) is 17.9 Å². The van der Waals surface area contributed by atoms with Crippen LogP contribution in [0.5, 0.6) is 5.75 Å². The van der Waals surface area contributed by atoms with E-state index in [4.69, 9.17) is 20.9 Å². The second-order valence-electron chi connectivity index (χ2n) is 6.03. The molecule has 0 aliphatic rings. The van der Waals surface area contributed by atoms with E-state index in [1.165, 1.54) is 24.3 Å². The van der Waals surface area contributed by atoms with Crippen LogP contribution in [0.25, 0.3) is 0 Å². The fourth-order valence-corrected chi connectivity index (χ4v) is 3.90. The molecule has 1 N–H and O–H groups in total. The van der Waals surface area contributed by atoms with Crippen LogP contribution in [0.1, 0.15) is 22.1 Å². The Morgan fingerprint density at radius 2 is 1.90 bits per heavy atom. The second kappa shape index (κ2) is 9.06. The number of amides is 1. The summed E-state index contributed by atoms with van der Waals surface area (Å²) in [5, 5.41) is 6.79. The third-order valence-electron chi connectivity index (χ3n) is 4.06. The van der Waals surface area contributed by atoms with Crippen molar-refractivity contribution in [2.75, 3.05) is 12.9 Å². The Morgan fingerprint density at radius 3 is 2.62 bits per heavy atom. The van der Waals surface area contributed by atoms with Gasteiger partial charge >= 0.3 is 11.8 Å². The molecule has 0 aliphatic carbocycles. The molecule has 3 rings (SSSR count). The van der Waals surface area contributed by atoms with Crippen molar-refractivity contribution in [3.05, 3.63) is 70.8 Å². The van der Waals surface area contributed by atoms with Crippen LogP contribution in [-0.2, 0) is 22.8 Å². The summed E-state index contributed by atoms with van der Waals surface area (Å²) in [7, 11) is -1.99. The van der Waals surface area contributed by atoms with Crippen LogP contribution >= 0.6 is 11.6 Å². The number of para-hydroxylation sites is 1. The van der Waals surface area contributed by atoms with Crippen LogP contribution in [0, 0.1) is 0 Å². The Bertz CT molecular complexity index is 1100. The first-order chi connectivity index (χ1) is 13.9. The van der Waals surface area contributed by atoms with Crippen LogP contribution in [0.2, 0.25) is 5.02 Å². The minimum absolute atomic E-state index is 0.00818. The first-order valence-corrected chi connectivity index (χ1v) is 10.6. The van der Waals surface area contributed by atoms with Crippen LogP contribution in [0.4, 0.5) is 0 Å². The summed E-state index contributed by atoms with van der Waals surface area (Å²) in [6.07, 6.45) is 0.00818. The van der Waals surface area contributed by atoms with Gasteiger partial charge in [0.15, 0.2) is 15.7 Å². The van der Waals surface area contributed by atoms with Crippen molar-refractivity contribution in [3.63, 3.8) is 0 Å². The molecule has 10 heteroatoms. The number of carbonyl (C=O) groups is 1. The highest BCUT2D eigenvalue weighted by Crippen LogP contribution is 2.17. The summed E-state index contributed by atoms with van der Waals surface area (Å²) < 4.78 is 34.9. The molecule has 3 aromatic rings. The Labute approximate surface area is 172 Å². The molecule has 0 saturated carbocycles. The lowest BCUT2D eigenvalue weighted by atomic mass is 10.2. The highest BCUT2D eigenvalue weighted by molar-refractivity contribution is 7.91. The quantitative estimate of drug-likeness (QED) is 0.578. The maximum absolute atomic E-state index is 12.4. The van der Waals surface area contributed by atoms with Gasteiger partial charge < -0.3 is 14.6 Å².